The van der Waals surface area contributed by atoms with Gasteiger partial charge in [0.15, 0.2) is 0 Å². The van der Waals surface area contributed by atoms with Gasteiger partial charge in [0.05, 0.1) is 6.10 Å². The van der Waals surface area contributed by atoms with Crippen molar-refractivity contribution in [1.82, 2.24) is 10.2 Å². The number of methoxy groups -OCH3 is 1. The third-order valence-electron chi connectivity index (χ3n) is 4.93. The minimum Gasteiger partial charge on any atom is -0.381 e. The van der Waals surface area contributed by atoms with E-state index in [0.29, 0.717) is 17.6 Å². The maximum Gasteiger partial charge on any atom is 0.0652 e. The molecule has 1 saturated carbocycles. The van der Waals surface area contributed by atoms with Crippen LogP contribution in [0.2, 0.25) is 0 Å². The number of ether oxygens (including phenoxy) is 1. The van der Waals surface area contributed by atoms with Crippen molar-refractivity contribution >= 4 is 0 Å². The summed E-state index contributed by atoms with van der Waals surface area (Å²) in [5, 5.41) is 3.85. The highest BCUT2D eigenvalue weighted by Gasteiger charge is 2.48. The van der Waals surface area contributed by atoms with Gasteiger partial charge in [0.2, 0.25) is 0 Å². The molecular weight excluding hydrogens is 212 g/mol. The molecule has 1 aliphatic heterocycles. The van der Waals surface area contributed by atoms with Crippen LogP contribution in [0.15, 0.2) is 0 Å². The van der Waals surface area contributed by atoms with Gasteiger partial charge >= 0.3 is 0 Å². The molecule has 1 aliphatic carbocycles. The summed E-state index contributed by atoms with van der Waals surface area (Å²) in [6, 6.07) is 1.37. The Balaban J connectivity index is 1.76. The average Bonchev–Trinajstić information content (AvgIpc) is 2.34. The summed E-state index contributed by atoms with van der Waals surface area (Å²) in [4.78, 5) is 2.54. The first kappa shape index (κ1) is 13.3. The van der Waals surface area contributed by atoms with E-state index in [2.05, 4.69) is 31.0 Å². The van der Waals surface area contributed by atoms with Crippen LogP contribution in [0.4, 0.5) is 0 Å². The summed E-state index contributed by atoms with van der Waals surface area (Å²) in [7, 11) is 1.84. The van der Waals surface area contributed by atoms with Gasteiger partial charge in [-0.15, -0.1) is 0 Å². The molecule has 1 heterocycles. The van der Waals surface area contributed by atoms with Crippen molar-refractivity contribution in [2.75, 3.05) is 26.7 Å². The molecule has 0 bridgehead atoms. The molecule has 2 atom stereocenters. The lowest BCUT2D eigenvalue weighted by atomic mass is 9.64. The largest absolute Gasteiger partial charge is 0.381 e. The maximum atomic E-state index is 5.51. The molecule has 2 unspecified atom stereocenters. The van der Waals surface area contributed by atoms with Crippen LogP contribution in [0.25, 0.3) is 0 Å². The number of hydrogen-bond acceptors (Lipinski definition) is 3. The molecule has 3 heteroatoms. The predicted molar refractivity (Wildman–Crippen MR) is 71.3 cm³/mol. The number of rotatable bonds is 4. The molecular formula is C14H28N2O. The second kappa shape index (κ2) is 5.25. The molecule has 0 spiro atoms. The number of hydrogen-bond donors (Lipinski definition) is 1. The minimum atomic E-state index is 0.302. The van der Waals surface area contributed by atoms with E-state index in [0.717, 1.165) is 6.04 Å². The summed E-state index contributed by atoms with van der Waals surface area (Å²) in [5.74, 6) is 0. The summed E-state index contributed by atoms with van der Waals surface area (Å²) < 4.78 is 5.51. The molecule has 1 saturated heterocycles. The molecule has 0 aromatic rings. The van der Waals surface area contributed by atoms with Crippen molar-refractivity contribution in [1.29, 1.82) is 0 Å². The fourth-order valence-corrected chi connectivity index (χ4v) is 3.27. The van der Waals surface area contributed by atoms with Gasteiger partial charge in [-0.1, -0.05) is 20.8 Å². The van der Waals surface area contributed by atoms with Gasteiger partial charge in [0.25, 0.3) is 0 Å². The first-order valence-corrected chi connectivity index (χ1v) is 7.09. The molecule has 0 aromatic heterocycles. The summed E-state index contributed by atoms with van der Waals surface area (Å²) in [5.41, 5.74) is 0.302. The Kier molecular flexibility index (Phi) is 4.11. The molecule has 0 aromatic carbocycles. The van der Waals surface area contributed by atoms with Crippen molar-refractivity contribution in [3.8, 4) is 0 Å². The van der Waals surface area contributed by atoms with Crippen LogP contribution in [0.3, 0.4) is 0 Å². The standard InChI is InChI=1S/C14H28N2O/c1-5-16-8-6-11(7-9-16)15-12-10-13(17-4)14(12,2)3/h11-13,15H,5-10H2,1-4H3. The molecule has 2 rings (SSSR count). The van der Waals surface area contributed by atoms with Gasteiger partial charge in [0.1, 0.15) is 0 Å². The van der Waals surface area contributed by atoms with Gasteiger partial charge in [0, 0.05) is 24.6 Å². The van der Waals surface area contributed by atoms with Crippen LogP contribution in [-0.2, 0) is 4.74 Å². The lowest BCUT2D eigenvalue weighted by Crippen LogP contribution is -2.63. The van der Waals surface area contributed by atoms with Gasteiger partial charge in [-0.3, -0.25) is 0 Å². The van der Waals surface area contributed by atoms with Crippen LogP contribution < -0.4 is 5.32 Å². The monoisotopic (exact) mass is 240 g/mol. The highest BCUT2D eigenvalue weighted by atomic mass is 16.5. The third-order valence-corrected chi connectivity index (χ3v) is 4.93. The van der Waals surface area contributed by atoms with Crippen LogP contribution in [-0.4, -0.2) is 49.8 Å². The zero-order valence-electron chi connectivity index (χ0n) is 11.8. The lowest BCUT2D eigenvalue weighted by Gasteiger charge is -2.53. The SMILES string of the molecule is CCN1CCC(NC2CC(OC)C2(C)C)CC1. The molecule has 2 fully saturated rings. The quantitative estimate of drug-likeness (QED) is 0.812. The molecule has 1 N–H and O–H groups in total. The fourth-order valence-electron chi connectivity index (χ4n) is 3.27. The van der Waals surface area contributed by atoms with E-state index in [4.69, 9.17) is 4.74 Å². The Morgan fingerprint density at radius 3 is 2.41 bits per heavy atom. The van der Waals surface area contributed by atoms with Crippen LogP contribution in [0.5, 0.6) is 0 Å². The fraction of sp³-hybridized carbons (Fsp3) is 1.00. The zero-order valence-corrected chi connectivity index (χ0v) is 11.8. The molecule has 0 amide bonds. The van der Waals surface area contributed by atoms with Gasteiger partial charge in [-0.2, -0.15) is 0 Å². The van der Waals surface area contributed by atoms with Crippen molar-refractivity contribution in [2.24, 2.45) is 5.41 Å². The molecule has 0 radical (unpaired) electrons. The summed E-state index contributed by atoms with van der Waals surface area (Å²) >= 11 is 0. The van der Waals surface area contributed by atoms with Crippen molar-refractivity contribution in [2.45, 2.75) is 58.2 Å². The summed E-state index contributed by atoms with van der Waals surface area (Å²) in [6.45, 7) is 10.6. The van der Waals surface area contributed by atoms with E-state index in [1.165, 1.54) is 38.9 Å². The Labute approximate surface area is 106 Å². The molecule has 17 heavy (non-hydrogen) atoms. The van der Waals surface area contributed by atoms with E-state index in [9.17, 15) is 0 Å². The van der Waals surface area contributed by atoms with E-state index in [1.807, 2.05) is 7.11 Å². The topological polar surface area (TPSA) is 24.5 Å². The Morgan fingerprint density at radius 1 is 1.29 bits per heavy atom. The van der Waals surface area contributed by atoms with Gasteiger partial charge in [-0.05, 0) is 38.9 Å². The summed E-state index contributed by atoms with van der Waals surface area (Å²) in [6.07, 6.45) is 4.23. The second-order valence-corrected chi connectivity index (χ2v) is 6.21. The molecule has 3 nitrogen and oxygen atoms in total. The predicted octanol–water partition coefficient (Wildman–Crippen LogP) is 1.87. The van der Waals surface area contributed by atoms with Gasteiger partial charge in [-0.25, -0.2) is 0 Å². The Morgan fingerprint density at radius 2 is 1.94 bits per heavy atom. The number of nitrogens with zero attached hydrogens (tertiary/aromatic N) is 1. The van der Waals surface area contributed by atoms with Crippen molar-refractivity contribution in [3.05, 3.63) is 0 Å². The lowest BCUT2D eigenvalue weighted by molar-refractivity contribution is -0.102. The van der Waals surface area contributed by atoms with Crippen LogP contribution in [0.1, 0.15) is 40.0 Å². The number of piperidine rings is 1. The normalized spacial score (nSPS) is 34.6. The smallest absolute Gasteiger partial charge is 0.0652 e. The second-order valence-electron chi connectivity index (χ2n) is 6.21. The van der Waals surface area contributed by atoms with Crippen molar-refractivity contribution in [3.63, 3.8) is 0 Å². The average molecular weight is 240 g/mol. The van der Waals surface area contributed by atoms with Crippen LogP contribution in [0, 0.1) is 5.41 Å². The minimum absolute atomic E-state index is 0.302. The van der Waals surface area contributed by atoms with Crippen molar-refractivity contribution < 1.29 is 4.74 Å². The van der Waals surface area contributed by atoms with Crippen LogP contribution >= 0.6 is 0 Å². The van der Waals surface area contributed by atoms with E-state index >= 15 is 0 Å². The van der Waals surface area contributed by atoms with E-state index in [1.54, 1.807) is 0 Å². The third kappa shape index (κ3) is 2.67. The van der Waals surface area contributed by atoms with E-state index < -0.39 is 0 Å². The zero-order chi connectivity index (χ0) is 12.5. The Hall–Kier alpha value is -0.120. The number of likely N-dealkylation sites (tertiary alicyclic amines) is 1. The van der Waals surface area contributed by atoms with E-state index in [-0.39, 0.29) is 0 Å². The van der Waals surface area contributed by atoms with Gasteiger partial charge < -0.3 is 15.0 Å². The molecule has 100 valence electrons. The highest BCUT2D eigenvalue weighted by Crippen LogP contribution is 2.42. The Bertz CT molecular complexity index is 247. The molecule has 2 aliphatic rings. The number of nitrogens with one attached hydrogen (secondary N) is 1. The first-order chi connectivity index (χ1) is 8.07. The first-order valence-electron chi connectivity index (χ1n) is 7.09. The maximum absolute atomic E-state index is 5.51. The highest BCUT2D eigenvalue weighted by molar-refractivity contribution is 5.03.